The molecule has 1 aromatic rings. The smallest absolute Gasteiger partial charge is 0.410 e. The van der Waals surface area contributed by atoms with E-state index in [2.05, 4.69) is 0 Å². The van der Waals surface area contributed by atoms with E-state index in [9.17, 15) is 4.79 Å². The van der Waals surface area contributed by atoms with E-state index in [0.717, 1.165) is 18.5 Å². The zero-order chi connectivity index (χ0) is 15.4. The summed E-state index contributed by atoms with van der Waals surface area (Å²) in [5, 5.41) is 1.29. The van der Waals surface area contributed by atoms with Crippen LogP contribution in [0.1, 0.15) is 32.8 Å². The fraction of sp³-hybridized carbons (Fsp3) is 0.562. The molecule has 1 aliphatic heterocycles. The highest BCUT2D eigenvalue weighted by Crippen LogP contribution is 2.59. The fourth-order valence-corrected chi connectivity index (χ4v) is 3.76. The molecule has 3 nitrogen and oxygen atoms in total. The van der Waals surface area contributed by atoms with E-state index >= 15 is 0 Å². The highest BCUT2D eigenvalue weighted by Gasteiger charge is 2.62. The number of carbonyl (C=O) groups excluding carboxylic acids is 1. The maximum atomic E-state index is 12.2. The number of hydrogen-bond donors (Lipinski definition) is 0. The lowest BCUT2D eigenvalue weighted by Crippen LogP contribution is -2.37. The van der Waals surface area contributed by atoms with Gasteiger partial charge < -0.3 is 9.64 Å². The monoisotopic (exact) mass is 327 g/mol. The van der Waals surface area contributed by atoms with Crippen LogP contribution < -0.4 is 0 Å². The van der Waals surface area contributed by atoms with Gasteiger partial charge in [0.05, 0.1) is 0 Å². The lowest BCUT2D eigenvalue weighted by atomic mass is 9.95. The molecular formula is C16H19Cl2NO2. The Bertz CT molecular complexity index is 576. The van der Waals surface area contributed by atoms with Crippen molar-refractivity contribution in [3.8, 4) is 0 Å². The van der Waals surface area contributed by atoms with Crippen molar-refractivity contribution >= 4 is 29.3 Å². The number of likely N-dealkylation sites (tertiary alicyclic amines) is 1. The minimum Gasteiger partial charge on any atom is -0.444 e. The molecule has 1 aliphatic carbocycles. The van der Waals surface area contributed by atoms with E-state index < -0.39 is 5.60 Å². The summed E-state index contributed by atoms with van der Waals surface area (Å²) >= 11 is 12.2. The summed E-state index contributed by atoms with van der Waals surface area (Å²) in [7, 11) is 0. The van der Waals surface area contributed by atoms with Gasteiger partial charge in [0.2, 0.25) is 0 Å². The first-order chi connectivity index (χ1) is 9.69. The molecular weight excluding hydrogens is 309 g/mol. The predicted octanol–water partition coefficient (Wildman–Crippen LogP) is 4.50. The third-order valence-electron chi connectivity index (χ3n) is 4.23. The van der Waals surface area contributed by atoms with Crippen molar-refractivity contribution < 1.29 is 9.53 Å². The Kier molecular flexibility index (Phi) is 3.42. The molecule has 3 rings (SSSR count). The second-order valence-corrected chi connectivity index (χ2v) is 7.95. The number of nitrogens with zero attached hydrogens (tertiary/aromatic N) is 1. The molecule has 2 atom stereocenters. The number of amides is 1. The second-order valence-electron chi connectivity index (χ2n) is 7.08. The number of hydrogen-bond acceptors (Lipinski definition) is 2. The van der Waals surface area contributed by atoms with Gasteiger partial charge in [-0.2, -0.15) is 0 Å². The Balaban J connectivity index is 1.77. The van der Waals surface area contributed by atoms with Crippen molar-refractivity contribution in [3.05, 3.63) is 33.8 Å². The van der Waals surface area contributed by atoms with Crippen LogP contribution in [0.3, 0.4) is 0 Å². The van der Waals surface area contributed by atoms with Gasteiger partial charge in [0.25, 0.3) is 0 Å². The lowest BCUT2D eigenvalue weighted by molar-refractivity contribution is 0.0270. The number of ether oxygens (including phenoxy) is 1. The molecule has 5 heteroatoms. The van der Waals surface area contributed by atoms with E-state index in [1.165, 1.54) is 0 Å². The van der Waals surface area contributed by atoms with Crippen LogP contribution in [-0.2, 0) is 10.2 Å². The first-order valence-corrected chi connectivity index (χ1v) is 7.90. The van der Waals surface area contributed by atoms with Gasteiger partial charge >= 0.3 is 6.09 Å². The highest BCUT2D eigenvalue weighted by atomic mass is 35.5. The Hall–Kier alpha value is -0.930. The highest BCUT2D eigenvalue weighted by molar-refractivity contribution is 6.34. The number of piperidine rings is 1. The van der Waals surface area contributed by atoms with Crippen LogP contribution in [-0.4, -0.2) is 29.7 Å². The van der Waals surface area contributed by atoms with Crippen LogP contribution in [0.4, 0.5) is 4.79 Å². The second kappa shape index (κ2) is 4.79. The molecule has 114 valence electrons. The van der Waals surface area contributed by atoms with Gasteiger partial charge in [0.1, 0.15) is 5.60 Å². The van der Waals surface area contributed by atoms with Crippen molar-refractivity contribution in [3.63, 3.8) is 0 Å². The molecule has 1 amide bonds. The average molecular weight is 328 g/mol. The number of fused-ring (bicyclic) bond motifs is 1. The third kappa shape index (κ3) is 2.86. The molecule has 1 saturated heterocycles. The van der Waals surface area contributed by atoms with Gasteiger partial charge in [-0.1, -0.05) is 23.2 Å². The van der Waals surface area contributed by atoms with Crippen LogP contribution in [0.15, 0.2) is 18.2 Å². The lowest BCUT2D eigenvalue weighted by Gasteiger charge is -2.26. The van der Waals surface area contributed by atoms with Gasteiger partial charge in [-0.3, -0.25) is 0 Å². The summed E-state index contributed by atoms with van der Waals surface area (Å²) in [6.07, 6.45) is 0.852. The van der Waals surface area contributed by atoms with Crippen molar-refractivity contribution in [2.75, 3.05) is 13.1 Å². The minimum atomic E-state index is -0.462. The van der Waals surface area contributed by atoms with Gasteiger partial charge in [-0.15, -0.1) is 0 Å². The summed E-state index contributed by atoms with van der Waals surface area (Å²) in [6, 6.07) is 5.67. The van der Waals surface area contributed by atoms with Crippen LogP contribution in [0.2, 0.25) is 10.0 Å². The zero-order valence-corrected chi connectivity index (χ0v) is 14.0. The van der Waals surface area contributed by atoms with E-state index in [1.54, 1.807) is 11.0 Å². The quantitative estimate of drug-likeness (QED) is 0.759. The Morgan fingerprint density at radius 3 is 2.48 bits per heavy atom. The molecule has 0 spiro atoms. The van der Waals surface area contributed by atoms with Crippen molar-refractivity contribution in [1.29, 1.82) is 0 Å². The molecule has 1 heterocycles. The number of halogens is 2. The number of rotatable bonds is 1. The first kappa shape index (κ1) is 15.0. The molecule has 0 radical (unpaired) electrons. The average Bonchev–Trinajstić information content (AvgIpc) is 2.89. The van der Waals surface area contributed by atoms with Crippen molar-refractivity contribution in [2.45, 2.75) is 38.2 Å². The molecule has 0 aromatic heterocycles. The minimum absolute atomic E-state index is 0.0193. The van der Waals surface area contributed by atoms with E-state index in [1.807, 2.05) is 32.9 Å². The van der Waals surface area contributed by atoms with Crippen LogP contribution in [0.25, 0.3) is 0 Å². The maximum absolute atomic E-state index is 12.2. The van der Waals surface area contributed by atoms with Crippen molar-refractivity contribution in [2.24, 2.45) is 5.92 Å². The van der Waals surface area contributed by atoms with Gasteiger partial charge in [-0.05, 0) is 56.9 Å². The molecule has 0 bridgehead atoms. The van der Waals surface area contributed by atoms with E-state index in [-0.39, 0.29) is 11.5 Å². The Morgan fingerprint density at radius 2 is 1.90 bits per heavy atom. The summed E-state index contributed by atoms with van der Waals surface area (Å²) in [5.74, 6) is 0.486. The number of carbonyl (C=O) groups is 1. The topological polar surface area (TPSA) is 29.5 Å². The summed E-state index contributed by atoms with van der Waals surface area (Å²) in [6.45, 7) is 7.08. The SMILES string of the molecule is CC(C)(C)OC(=O)N1CC2CC2(c2cc(Cl)cc(Cl)c2)C1. The maximum Gasteiger partial charge on any atom is 0.410 e. The molecule has 21 heavy (non-hydrogen) atoms. The van der Waals surface area contributed by atoms with Crippen LogP contribution in [0, 0.1) is 5.92 Å². The van der Waals surface area contributed by atoms with Crippen LogP contribution >= 0.6 is 23.2 Å². The normalized spacial score (nSPS) is 27.5. The van der Waals surface area contributed by atoms with Gasteiger partial charge in [-0.25, -0.2) is 4.79 Å². The van der Waals surface area contributed by atoms with Gasteiger partial charge in [0, 0.05) is 28.5 Å². The summed E-state index contributed by atoms with van der Waals surface area (Å²) in [5.41, 5.74) is 0.693. The Labute approximate surface area is 135 Å². The first-order valence-electron chi connectivity index (χ1n) is 7.14. The van der Waals surface area contributed by atoms with Crippen molar-refractivity contribution in [1.82, 2.24) is 4.90 Å². The predicted molar refractivity (Wildman–Crippen MR) is 84.1 cm³/mol. The molecule has 2 aliphatic rings. The summed E-state index contributed by atoms with van der Waals surface area (Å²) < 4.78 is 5.45. The molecule has 1 saturated carbocycles. The van der Waals surface area contributed by atoms with E-state index in [4.69, 9.17) is 27.9 Å². The molecule has 2 fully saturated rings. The summed E-state index contributed by atoms with van der Waals surface area (Å²) in [4.78, 5) is 14.0. The van der Waals surface area contributed by atoms with Crippen LogP contribution in [0.5, 0.6) is 0 Å². The third-order valence-corrected chi connectivity index (χ3v) is 4.67. The molecule has 0 N–H and O–H groups in total. The largest absolute Gasteiger partial charge is 0.444 e. The van der Waals surface area contributed by atoms with E-state index in [0.29, 0.717) is 22.5 Å². The van der Waals surface area contributed by atoms with Gasteiger partial charge in [0.15, 0.2) is 0 Å². The standard InChI is InChI=1S/C16H19Cl2NO2/c1-15(2,3)21-14(20)19-8-11-7-16(11,9-19)10-4-12(17)6-13(18)5-10/h4-6,11H,7-9H2,1-3H3. The molecule has 1 aromatic carbocycles. The zero-order valence-electron chi connectivity index (χ0n) is 12.5. The molecule has 2 unspecified atom stereocenters. The Morgan fingerprint density at radius 1 is 1.29 bits per heavy atom. The number of benzene rings is 1. The fourth-order valence-electron chi connectivity index (χ4n) is 3.24.